The molecule has 0 aromatic carbocycles. The van der Waals surface area contributed by atoms with Gasteiger partial charge in [0.05, 0.1) is 11.0 Å². The van der Waals surface area contributed by atoms with Gasteiger partial charge in [0.25, 0.3) is 0 Å². The van der Waals surface area contributed by atoms with E-state index in [2.05, 4.69) is 15.5 Å². The van der Waals surface area contributed by atoms with Crippen molar-refractivity contribution in [3.63, 3.8) is 0 Å². The van der Waals surface area contributed by atoms with Gasteiger partial charge in [-0.3, -0.25) is 0 Å². The minimum absolute atomic E-state index is 0.264. The molecule has 1 atom stereocenters. The first-order chi connectivity index (χ1) is 7.18. The number of nitrogens with zero attached hydrogens (tertiary/aromatic N) is 2. The lowest BCUT2D eigenvalue weighted by molar-refractivity contribution is 0.591. The van der Waals surface area contributed by atoms with E-state index in [1.165, 1.54) is 0 Å². The van der Waals surface area contributed by atoms with Gasteiger partial charge in [0, 0.05) is 12.7 Å². The van der Waals surface area contributed by atoms with Crippen LogP contribution in [0.4, 0.5) is 5.82 Å². The maximum atomic E-state index is 11.5. The van der Waals surface area contributed by atoms with Crippen LogP contribution in [0.5, 0.6) is 0 Å². The third kappa shape index (κ3) is 2.44. The quantitative estimate of drug-likeness (QED) is 0.812. The maximum Gasteiger partial charge on any atom is 0.154 e. The van der Waals surface area contributed by atoms with Crippen LogP contribution < -0.4 is 5.32 Å². The van der Waals surface area contributed by atoms with Gasteiger partial charge in [-0.2, -0.15) is 5.10 Å². The summed E-state index contributed by atoms with van der Waals surface area (Å²) in [6.07, 6.45) is 3.10. The molecule has 1 aromatic heterocycles. The largest absolute Gasteiger partial charge is 0.367 e. The van der Waals surface area contributed by atoms with Crippen molar-refractivity contribution in [3.05, 3.63) is 18.3 Å². The van der Waals surface area contributed by atoms with Crippen LogP contribution in [0.3, 0.4) is 0 Å². The van der Waals surface area contributed by atoms with Gasteiger partial charge in [0.1, 0.15) is 5.82 Å². The highest BCUT2D eigenvalue weighted by atomic mass is 32.2. The van der Waals surface area contributed by atoms with Crippen LogP contribution in [0.1, 0.15) is 12.8 Å². The number of rotatable bonds is 3. The van der Waals surface area contributed by atoms with Crippen molar-refractivity contribution in [2.45, 2.75) is 18.1 Å². The Hall–Kier alpha value is -1.17. The number of aromatic nitrogens is 2. The average Bonchev–Trinajstić information content (AvgIpc) is 2.56. The molecule has 0 spiro atoms. The van der Waals surface area contributed by atoms with Crippen molar-refractivity contribution in [2.24, 2.45) is 0 Å². The zero-order chi connectivity index (χ0) is 10.7. The minimum atomic E-state index is -2.87. The molecule has 5 nitrogen and oxygen atoms in total. The van der Waals surface area contributed by atoms with Crippen molar-refractivity contribution in [1.82, 2.24) is 10.2 Å². The molecule has 1 saturated heterocycles. The molecule has 1 N–H and O–H groups in total. The summed E-state index contributed by atoms with van der Waals surface area (Å²) in [7, 11) is -2.87. The summed E-state index contributed by atoms with van der Waals surface area (Å²) in [5, 5.41) is 10.3. The molecule has 0 bridgehead atoms. The smallest absolute Gasteiger partial charge is 0.154 e. The molecule has 0 radical (unpaired) electrons. The van der Waals surface area contributed by atoms with Gasteiger partial charge >= 0.3 is 0 Å². The van der Waals surface area contributed by atoms with Crippen LogP contribution in [-0.2, 0) is 9.84 Å². The molecule has 2 heterocycles. The normalized spacial score (nSPS) is 23.9. The molecule has 2 rings (SSSR count). The SMILES string of the molecule is O=S1(=O)CCCC1CNc1cccnn1. The molecule has 6 heteroatoms. The van der Waals surface area contributed by atoms with Gasteiger partial charge in [0.2, 0.25) is 0 Å². The summed E-state index contributed by atoms with van der Waals surface area (Å²) in [6, 6.07) is 3.53. The van der Waals surface area contributed by atoms with E-state index >= 15 is 0 Å². The molecule has 1 aromatic rings. The van der Waals surface area contributed by atoms with Gasteiger partial charge in [-0.15, -0.1) is 5.10 Å². The van der Waals surface area contributed by atoms with Gasteiger partial charge < -0.3 is 5.32 Å². The zero-order valence-corrected chi connectivity index (χ0v) is 9.07. The van der Waals surface area contributed by atoms with Crippen LogP contribution in [0, 0.1) is 0 Å². The Bertz CT molecular complexity index is 418. The Morgan fingerprint density at radius 3 is 3.00 bits per heavy atom. The number of anilines is 1. The van der Waals surface area contributed by atoms with Gasteiger partial charge in [0.15, 0.2) is 9.84 Å². The molecule has 1 aliphatic rings. The Kier molecular flexibility index (Phi) is 2.86. The highest BCUT2D eigenvalue weighted by Crippen LogP contribution is 2.19. The monoisotopic (exact) mass is 227 g/mol. The molecule has 1 unspecified atom stereocenters. The van der Waals surface area contributed by atoms with Gasteiger partial charge in [-0.1, -0.05) is 0 Å². The second kappa shape index (κ2) is 4.14. The van der Waals surface area contributed by atoms with Crippen molar-refractivity contribution in [2.75, 3.05) is 17.6 Å². The summed E-state index contributed by atoms with van der Waals surface area (Å²) >= 11 is 0. The Labute approximate surface area is 88.8 Å². The molecule has 0 saturated carbocycles. The summed E-state index contributed by atoms with van der Waals surface area (Å²) in [5.74, 6) is 0.944. The van der Waals surface area contributed by atoms with Crippen molar-refractivity contribution in [3.8, 4) is 0 Å². The van der Waals surface area contributed by atoms with Crippen molar-refractivity contribution >= 4 is 15.7 Å². The van der Waals surface area contributed by atoms with E-state index in [1.807, 2.05) is 0 Å². The summed E-state index contributed by atoms with van der Waals surface area (Å²) in [4.78, 5) is 0. The highest BCUT2D eigenvalue weighted by Gasteiger charge is 2.30. The Balaban J connectivity index is 1.94. The predicted molar refractivity (Wildman–Crippen MR) is 57.3 cm³/mol. The summed E-state index contributed by atoms with van der Waals surface area (Å²) < 4.78 is 23.0. The number of hydrogen-bond acceptors (Lipinski definition) is 5. The fourth-order valence-electron chi connectivity index (χ4n) is 1.70. The Morgan fingerprint density at radius 2 is 2.40 bits per heavy atom. The molecular formula is C9H13N3O2S. The molecule has 1 aliphatic heterocycles. The number of sulfone groups is 1. The first kappa shape index (κ1) is 10.4. The standard InChI is InChI=1S/C9H13N3O2S/c13-15(14)6-2-3-8(15)7-10-9-4-1-5-11-12-9/h1,4-5,8H,2-3,6-7H2,(H,10,12). The van der Waals surface area contributed by atoms with Crippen molar-refractivity contribution in [1.29, 1.82) is 0 Å². The second-order valence-electron chi connectivity index (χ2n) is 3.62. The molecule has 0 amide bonds. The highest BCUT2D eigenvalue weighted by molar-refractivity contribution is 7.92. The maximum absolute atomic E-state index is 11.5. The molecule has 0 aliphatic carbocycles. The number of nitrogens with one attached hydrogen (secondary N) is 1. The first-order valence-electron chi connectivity index (χ1n) is 4.91. The van der Waals surface area contributed by atoms with Crippen LogP contribution in [0.2, 0.25) is 0 Å². The predicted octanol–water partition coefficient (Wildman–Crippen LogP) is 0.466. The fraction of sp³-hybridized carbons (Fsp3) is 0.556. The third-order valence-electron chi connectivity index (χ3n) is 2.55. The minimum Gasteiger partial charge on any atom is -0.367 e. The fourth-order valence-corrected chi connectivity index (χ4v) is 3.47. The summed E-state index contributed by atoms with van der Waals surface area (Å²) in [6.45, 7) is 0.432. The first-order valence-corrected chi connectivity index (χ1v) is 6.63. The number of hydrogen-bond donors (Lipinski definition) is 1. The topological polar surface area (TPSA) is 72.0 Å². The molecule has 82 valence electrons. The van der Waals surface area contributed by atoms with E-state index in [-0.39, 0.29) is 5.25 Å². The van der Waals surface area contributed by atoms with E-state index in [1.54, 1.807) is 18.3 Å². The van der Waals surface area contributed by atoms with Crippen LogP contribution in [0.25, 0.3) is 0 Å². The van der Waals surface area contributed by atoms with E-state index in [0.717, 1.165) is 12.8 Å². The zero-order valence-electron chi connectivity index (χ0n) is 8.26. The van der Waals surface area contributed by atoms with E-state index in [4.69, 9.17) is 0 Å². The van der Waals surface area contributed by atoms with E-state index in [0.29, 0.717) is 18.1 Å². The Morgan fingerprint density at radius 1 is 1.53 bits per heavy atom. The second-order valence-corrected chi connectivity index (χ2v) is 6.02. The van der Waals surface area contributed by atoms with Crippen LogP contribution in [0.15, 0.2) is 18.3 Å². The average molecular weight is 227 g/mol. The molecule has 1 fully saturated rings. The lowest BCUT2D eigenvalue weighted by Gasteiger charge is -2.10. The van der Waals surface area contributed by atoms with Crippen LogP contribution >= 0.6 is 0 Å². The van der Waals surface area contributed by atoms with E-state index in [9.17, 15) is 8.42 Å². The lowest BCUT2D eigenvalue weighted by atomic mass is 10.2. The molecule has 15 heavy (non-hydrogen) atoms. The summed E-state index contributed by atoms with van der Waals surface area (Å²) in [5.41, 5.74) is 0. The molecular weight excluding hydrogens is 214 g/mol. The third-order valence-corrected chi connectivity index (χ3v) is 4.82. The van der Waals surface area contributed by atoms with E-state index < -0.39 is 9.84 Å². The van der Waals surface area contributed by atoms with Gasteiger partial charge in [-0.25, -0.2) is 8.42 Å². The van der Waals surface area contributed by atoms with Gasteiger partial charge in [-0.05, 0) is 25.0 Å². The van der Waals surface area contributed by atoms with Crippen molar-refractivity contribution < 1.29 is 8.42 Å². The lowest BCUT2D eigenvalue weighted by Crippen LogP contribution is -2.25. The van der Waals surface area contributed by atoms with Crippen LogP contribution in [-0.4, -0.2) is 36.2 Å².